The fourth-order valence-electron chi connectivity index (χ4n) is 2.19. The number of nitrogens with two attached hydrogens (primary N) is 1. The van der Waals surface area contributed by atoms with Gasteiger partial charge in [-0.1, -0.05) is 0 Å². The summed E-state index contributed by atoms with van der Waals surface area (Å²) in [5.74, 6) is 0. The Kier molecular flexibility index (Phi) is 7.87. The van der Waals surface area contributed by atoms with Gasteiger partial charge in [-0.05, 0) is 53.2 Å². The van der Waals surface area contributed by atoms with Crippen molar-refractivity contribution in [2.75, 3.05) is 52.4 Å². The molecule has 0 saturated carbocycles. The van der Waals surface area contributed by atoms with E-state index in [2.05, 4.69) is 36.1 Å². The Balaban J connectivity index is 1.97. The lowest BCUT2D eigenvalue weighted by molar-refractivity contribution is -0.0731. The summed E-state index contributed by atoms with van der Waals surface area (Å²) in [5, 5.41) is 0. The van der Waals surface area contributed by atoms with Crippen LogP contribution in [-0.2, 0) is 4.84 Å². The standard InChI is InChI=1S/C14H32N4O/c1-14(2,3)19-16-7-5-9-18-12-10-17(11-13-18)8-4-6-15/h16H,4-13,15H2,1-3H3. The van der Waals surface area contributed by atoms with Gasteiger partial charge >= 0.3 is 0 Å². The number of rotatable bonds is 8. The Bertz CT molecular complexity index is 222. The van der Waals surface area contributed by atoms with Gasteiger partial charge in [-0.3, -0.25) is 4.84 Å². The lowest BCUT2D eigenvalue weighted by Crippen LogP contribution is -2.47. The molecule has 19 heavy (non-hydrogen) atoms. The molecule has 0 spiro atoms. The fourth-order valence-corrected chi connectivity index (χ4v) is 2.19. The summed E-state index contributed by atoms with van der Waals surface area (Å²) in [6.45, 7) is 15.0. The summed E-state index contributed by atoms with van der Waals surface area (Å²) in [5.41, 5.74) is 8.49. The Morgan fingerprint density at radius 1 is 1.00 bits per heavy atom. The van der Waals surface area contributed by atoms with Gasteiger partial charge in [-0.15, -0.1) is 0 Å². The van der Waals surface area contributed by atoms with Crippen LogP contribution in [0.1, 0.15) is 33.6 Å². The zero-order valence-electron chi connectivity index (χ0n) is 13.0. The molecule has 0 bridgehead atoms. The molecular weight excluding hydrogens is 240 g/mol. The molecule has 0 atom stereocenters. The molecule has 1 saturated heterocycles. The maximum Gasteiger partial charge on any atom is 0.0812 e. The maximum absolute atomic E-state index is 5.54. The van der Waals surface area contributed by atoms with Gasteiger partial charge in [0, 0.05) is 32.7 Å². The Morgan fingerprint density at radius 2 is 1.53 bits per heavy atom. The van der Waals surface area contributed by atoms with Crippen LogP contribution < -0.4 is 11.2 Å². The van der Waals surface area contributed by atoms with E-state index in [4.69, 9.17) is 10.6 Å². The summed E-state index contributed by atoms with van der Waals surface area (Å²) in [6.07, 6.45) is 2.26. The van der Waals surface area contributed by atoms with Crippen molar-refractivity contribution in [3.63, 3.8) is 0 Å². The van der Waals surface area contributed by atoms with Crippen LogP contribution in [0, 0.1) is 0 Å². The summed E-state index contributed by atoms with van der Waals surface area (Å²) in [4.78, 5) is 10.5. The molecule has 1 aliphatic heterocycles. The van der Waals surface area contributed by atoms with Crippen LogP contribution >= 0.6 is 0 Å². The van der Waals surface area contributed by atoms with Crippen molar-refractivity contribution in [1.29, 1.82) is 0 Å². The van der Waals surface area contributed by atoms with Crippen LogP contribution in [0.25, 0.3) is 0 Å². The van der Waals surface area contributed by atoms with Crippen molar-refractivity contribution >= 4 is 0 Å². The van der Waals surface area contributed by atoms with Crippen LogP contribution in [0.2, 0.25) is 0 Å². The number of hydroxylamine groups is 1. The summed E-state index contributed by atoms with van der Waals surface area (Å²) >= 11 is 0. The number of nitrogens with one attached hydrogen (secondary N) is 1. The SMILES string of the molecule is CC(C)(C)ONCCCN1CCN(CCCN)CC1. The van der Waals surface area contributed by atoms with Gasteiger partial charge in [0.1, 0.15) is 0 Å². The summed E-state index contributed by atoms with van der Waals surface area (Å²) in [7, 11) is 0. The first kappa shape index (κ1) is 16.9. The largest absolute Gasteiger partial charge is 0.330 e. The maximum atomic E-state index is 5.54. The molecule has 0 aromatic rings. The number of piperazine rings is 1. The van der Waals surface area contributed by atoms with E-state index in [9.17, 15) is 0 Å². The first-order valence-corrected chi connectivity index (χ1v) is 7.57. The van der Waals surface area contributed by atoms with Crippen molar-refractivity contribution in [2.45, 2.75) is 39.2 Å². The molecule has 0 aromatic carbocycles. The Hall–Kier alpha value is -0.200. The molecule has 0 amide bonds. The fraction of sp³-hybridized carbons (Fsp3) is 1.00. The van der Waals surface area contributed by atoms with Crippen LogP contribution in [0.4, 0.5) is 0 Å². The van der Waals surface area contributed by atoms with Crippen LogP contribution in [0.15, 0.2) is 0 Å². The molecule has 1 fully saturated rings. The van der Waals surface area contributed by atoms with Gasteiger partial charge < -0.3 is 15.5 Å². The van der Waals surface area contributed by atoms with E-state index >= 15 is 0 Å². The van der Waals surface area contributed by atoms with Crippen molar-refractivity contribution in [1.82, 2.24) is 15.3 Å². The van der Waals surface area contributed by atoms with Crippen LogP contribution in [-0.4, -0.2) is 67.8 Å². The molecule has 5 nitrogen and oxygen atoms in total. The molecule has 114 valence electrons. The summed E-state index contributed by atoms with van der Waals surface area (Å²) < 4.78 is 0. The van der Waals surface area contributed by atoms with E-state index < -0.39 is 0 Å². The highest BCUT2D eigenvalue weighted by Crippen LogP contribution is 2.04. The van der Waals surface area contributed by atoms with E-state index in [1.54, 1.807) is 0 Å². The lowest BCUT2D eigenvalue weighted by atomic mass is 10.2. The molecule has 1 aliphatic rings. The lowest BCUT2D eigenvalue weighted by Gasteiger charge is -2.34. The first-order valence-electron chi connectivity index (χ1n) is 7.57. The van der Waals surface area contributed by atoms with Gasteiger partial charge in [0.2, 0.25) is 0 Å². The minimum absolute atomic E-state index is 0.103. The van der Waals surface area contributed by atoms with E-state index in [-0.39, 0.29) is 5.60 Å². The molecule has 5 heteroatoms. The number of hydrogen-bond donors (Lipinski definition) is 2. The predicted octanol–water partition coefficient (Wildman–Crippen LogP) is 0.663. The van der Waals surface area contributed by atoms with Crippen molar-refractivity contribution in [3.05, 3.63) is 0 Å². The van der Waals surface area contributed by atoms with E-state index in [0.29, 0.717) is 0 Å². The smallest absolute Gasteiger partial charge is 0.0812 e. The zero-order chi connectivity index (χ0) is 14.1. The average molecular weight is 272 g/mol. The highest BCUT2D eigenvalue weighted by Gasteiger charge is 2.15. The molecule has 1 heterocycles. The van der Waals surface area contributed by atoms with Crippen LogP contribution in [0.3, 0.4) is 0 Å². The van der Waals surface area contributed by atoms with E-state index in [0.717, 1.165) is 39.0 Å². The molecule has 0 radical (unpaired) electrons. The molecule has 0 aliphatic carbocycles. The van der Waals surface area contributed by atoms with Gasteiger partial charge in [-0.2, -0.15) is 0 Å². The highest BCUT2D eigenvalue weighted by atomic mass is 16.7. The molecule has 0 unspecified atom stereocenters. The van der Waals surface area contributed by atoms with Crippen molar-refractivity contribution in [2.24, 2.45) is 5.73 Å². The number of nitrogens with zero attached hydrogens (tertiary/aromatic N) is 2. The average Bonchev–Trinajstić information content (AvgIpc) is 2.36. The van der Waals surface area contributed by atoms with Gasteiger partial charge in [0.15, 0.2) is 0 Å². The molecule has 0 aromatic heterocycles. The first-order chi connectivity index (χ1) is 9.01. The van der Waals surface area contributed by atoms with Crippen LogP contribution in [0.5, 0.6) is 0 Å². The molecular formula is C14H32N4O. The van der Waals surface area contributed by atoms with Gasteiger partial charge in [0.25, 0.3) is 0 Å². The molecule has 3 N–H and O–H groups in total. The second-order valence-electron chi connectivity index (χ2n) is 6.29. The highest BCUT2D eigenvalue weighted by molar-refractivity contribution is 4.72. The topological polar surface area (TPSA) is 53.8 Å². The third-order valence-corrected chi connectivity index (χ3v) is 3.27. The zero-order valence-corrected chi connectivity index (χ0v) is 13.0. The number of hydrogen-bond acceptors (Lipinski definition) is 5. The molecule has 1 rings (SSSR count). The second-order valence-corrected chi connectivity index (χ2v) is 6.29. The summed E-state index contributed by atoms with van der Waals surface area (Å²) in [6, 6.07) is 0. The predicted molar refractivity (Wildman–Crippen MR) is 80.0 cm³/mol. The minimum atomic E-state index is -0.103. The van der Waals surface area contributed by atoms with E-state index in [1.807, 2.05) is 0 Å². The Morgan fingerprint density at radius 3 is 2.00 bits per heavy atom. The Labute approximate surface area is 118 Å². The third kappa shape index (κ3) is 8.55. The third-order valence-electron chi connectivity index (χ3n) is 3.27. The van der Waals surface area contributed by atoms with E-state index in [1.165, 1.54) is 26.2 Å². The van der Waals surface area contributed by atoms with Gasteiger partial charge in [0.05, 0.1) is 5.60 Å². The minimum Gasteiger partial charge on any atom is -0.330 e. The van der Waals surface area contributed by atoms with Gasteiger partial charge in [-0.25, -0.2) is 5.48 Å². The second kappa shape index (κ2) is 8.87. The normalized spacial score (nSPS) is 18.9. The van der Waals surface area contributed by atoms with Crippen molar-refractivity contribution in [3.8, 4) is 0 Å². The monoisotopic (exact) mass is 272 g/mol. The van der Waals surface area contributed by atoms with Crippen molar-refractivity contribution < 1.29 is 4.84 Å². The quantitative estimate of drug-likeness (QED) is 0.502.